The van der Waals surface area contributed by atoms with E-state index in [4.69, 9.17) is 0 Å². The quantitative estimate of drug-likeness (QED) is 0.572. The van der Waals surface area contributed by atoms with E-state index in [0.717, 1.165) is 10.9 Å². The summed E-state index contributed by atoms with van der Waals surface area (Å²) in [6.45, 7) is 1.46. The SMILES string of the molecule is CC(C(=O)O)(C(=O)c1ccccc1)c1c[nH]c2ccccc12. The number of aromatic amines is 1. The Kier molecular flexibility index (Phi) is 3.29. The Bertz CT molecular complexity index is 851. The van der Waals surface area contributed by atoms with E-state index in [1.165, 1.54) is 6.92 Å². The van der Waals surface area contributed by atoms with Crippen molar-refractivity contribution in [2.24, 2.45) is 0 Å². The number of carboxylic acid groups (broad SMARTS) is 1. The predicted octanol–water partition coefficient (Wildman–Crippen LogP) is 3.39. The number of benzene rings is 2. The first-order chi connectivity index (χ1) is 10.5. The second-order valence-corrected chi connectivity index (χ2v) is 5.37. The number of nitrogens with one attached hydrogen (secondary N) is 1. The molecule has 0 amide bonds. The second-order valence-electron chi connectivity index (χ2n) is 5.37. The number of rotatable bonds is 4. The van der Waals surface area contributed by atoms with Crippen molar-refractivity contribution < 1.29 is 14.7 Å². The Hall–Kier alpha value is -2.88. The lowest BCUT2D eigenvalue weighted by molar-refractivity contribution is -0.141. The third-order valence-corrected chi connectivity index (χ3v) is 4.05. The lowest BCUT2D eigenvalue weighted by Gasteiger charge is -2.23. The van der Waals surface area contributed by atoms with Crippen LogP contribution in [0.5, 0.6) is 0 Å². The fraction of sp³-hybridized carbons (Fsp3) is 0.111. The maximum absolute atomic E-state index is 12.9. The van der Waals surface area contributed by atoms with Crippen molar-refractivity contribution in [3.63, 3.8) is 0 Å². The molecule has 0 aliphatic heterocycles. The summed E-state index contributed by atoms with van der Waals surface area (Å²) >= 11 is 0. The molecular weight excluding hydrogens is 278 g/mol. The molecule has 3 rings (SSSR count). The number of ketones is 1. The summed E-state index contributed by atoms with van der Waals surface area (Å²) in [5.74, 6) is -1.59. The van der Waals surface area contributed by atoms with Gasteiger partial charge in [0, 0.05) is 28.2 Å². The van der Waals surface area contributed by atoms with E-state index < -0.39 is 17.2 Å². The van der Waals surface area contributed by atoms with Crippen LogP contribution >= 0.6 is 0 Å². The van der Waals surface area contributed by atoms with Gasteiger partial charge in [0.25, 0.3) is 0 Å². The van der Waals surface area contributed by atoms with Crippen LogP contribution in [0, 0.1) is 0 Å². The van der Waals surface area contributed by atoms with E-state index in [2.05, 4.69) is 4.98 Å². The first-order valence-corrected chi connectivity index (χ1v) is 6.95. The Morgan fingerprint density at radius 1 is 1.00 bits per heavy atom. The Labute approximate surface area is 127 Å². The molecule has 2 aromatic carbocycles. The minimum Gasteiger partial charge on any atom is -0.480 e. The molecular formula is C18H15NO3. The molecule has 0 saturated carbocycles. The second kappa shape index (κ2) is 5.15. The van der Waals surface area contributed by atoms with Crippen LogP contribution in [0.4, 0.5) is 0 Å². The third-order valence-electron chi connectivity index (χ3n) is 4.05. The summed E-state index contributed by atoms with van der Waals surface area (Å²) in [7, 11) is 0. The number of hydrogen-bond acceptors (Lipinski definition) is 2. The van der Waals surface area contributed by atoms with Crippen LogP contribution in [-0.2, 0) is 10.2 Å². The summed E-state index contributed by atoms with van der Waals surface area (Å²) in [6, 6.07) is 15.9. The zero-order chi connectivity index (χ0) is 15.7. The number of aliphatic carboxylic acids is 1. The molecule has 1 unspecified atom stereocenters. The van der Waals surface area contributed by atoms with Gasteiger partial charge >= 0.3 is 5.97 Å². The zero-order valence-electron chi connectivity index (χ0n) is 12.0. The van der Waals surface area contributed by atoms with Crippen LogP contribution in [0.25, 0.3) is 10.9 Å². The summed E-state index contributed by atoms with van der Waals surface area (Å²) in [6.07, 6.45) is 1.61. The molecule has 1 heterocycles. The third kappa shape index (κ3) is 2.00. The fourth-order valence-electron chi connectivity index (χ4n) is 2.70. The number of para-hydroxylation sites is 1. The van der Waals surface area contributed by atoms with Gasteiger partial charge in [0.05, 0.1) is 0 Å². The molecule has 1 atom stereocenters. The first kappa shape index (κ1) is 14.1. The Morgan fingerprint density at radius 3 is 2.32 bits per heavy atom. The smallest absolute Gasteiger partial charge is 0.321 e. The van der Waals surface area contributed by atoms with Gasteiger partial charge in [-0.2, -0.15) is 0 Å². The van der Waals surface area contributed by atoms with Crippen molar-refractivity contribution in [2.75, 3.05) is 0 Å². The van der Waals surface area contributed by atoms with Crippen LogP contribution < -0.4 is 0 Å². The van der Waals surface area contributed by atoms with Gasteiger partial charge in [-0.1, -0.05) is 48.5 Å². The molecule has 0 fully saturated rings. The number of hydrogen-bond donors (Lipinski definition) is 2. The van der Waals surface area contributed by atoms with Crippen LogP contribution in [0.15, 0.2) is 60.8 Å². The molecule has 0 aliphatic rings. The van der Waals surface area contributed by atoms with E-state index in [1.807, 2.05) is 24.3 Å². The van der Waals surface area contributed by atoms with Crippen LogP contribution in [0.1, 0.15) is 22.8 Å². The molecule has 4 heteroatoms. The Morgan fingerprint density at radius 2 is 1.64 bits per heavy atom. The van der Waals surface area contributed by atoms with Crippen LogP contribution in [0.2, 0.25) is 0 Å². The zero-order valence-corrected chi connectivity index (χ0v) is 12.0. The minimum absolute atomic E-state index is 0.387. The normalized spacial score (nSPS) is 13.7. The number of carbonyl (C=O) groups excluding carboxylic acids is 1. The highest BCUT2D eigenvalue weighted by Crippen LogP contribution is 2.34. The molecule has 2 N–H and O–H groups in total. The van der Waals surface area contributed by atoms with E-state index >= 15 is 0 Å². The van der Waals surface area contributed by atoms with Gasteiger partial charge in [-0.25, -0.2) is 0 Å². The van der Waals surface area contributed by atoms with Crippen molar-refractivity contribution in [3.8, 4) is 0 Å². The molecule has 110 valence electrons. The van der Waals surface area contributed by atoms with Crippen LogP contribution in [-0.4, -0.2) is 21.8 Å². The highest BCUT2D eigenvalue weighted by molar-refractivity contribution is 6.18. The van der Waals surface area contributed by atoms with Crippen LogP contribution in [0.3, 0.4) is 0 Å². The topological polar surface area (TPSA) is 70.2 Å². The maximum Gasteiger partial charge on any atom is 0.321 e. The van der Waals surface area contributed by atoms with Crippen molar-refractivity contribution >= 4 is 22.7 Å². The molecule has 0 spiro atoms. The summed E-state index contributed by atoms with van der Waals surface area (Å²) in [5, 5.41) is 10.5. The molecule has 0 bridgehead atoms. The molecule has 4 nitrogen and oxygen atoms in total. The number of carboxylic acids is 1. The largest absolute Gasteiger partial charge is 0.480 e. The number of aromatic nitrogens is 1. The summed E-state index contributed by atoms with van der Waals surface area (Å²) in [4.78, 5) is 27.8. The predicted molar refractivity (Wildman–Crippen MR) is 84.1 cm³/mol. The van der Waals surface area contributed by atoms with Gasteiger partial charge in [0.1, 0.15) is 0 Å². The van der Waals surface area contributed by atoms with Gasteiger partial charge in [0.2, 0.25) is 0 Å². The minimum atomic E-state index is -1.64. The summed E-state index contributed by atoms with van der Waals surface area (Å²) in [5.41, 5.74) is 0.0361. The average Bonchev–Trinajstić information content (AvgIpc) is 2.98. The first-order valence-electron chi connectivity index (χ1n) is 6.95. The van der Waals surface area contributed by atoms with Gasteiger partial charge in [0.15, 0.2) is 11.2 Å². The number of carbonyl (C=O) groups is 2. The lowest BCUT2D eigenvalue weighted by Crippen LogP contribution is -2.40. The van der Waals surface area contributed by atoms with Crippen molar-refractivity contribution in [2.45, 2.75) is 12.3 Å². The monoisotopic (exact) mass is 293 g/mol. The molecule has 3 aromatic rings. The Balaban J connectivity index is 2.21. The lowest BCUT2D eigenvalue weighted by atomic mass is 9.76. The number of H-pyrrole nitrogens is 1. The average molecular weight is 293 g/mol. The van der Waals surface area contributed by atoms with E-state index in [9.17, 15) is 14.7 Å². The molecule has 0 saturated heterocycles. The highest BCUT2D eigenvalue weighted by atomic mass is 16.4. The highest BCUT2D eigenvalue weighted by Gasteiger charge is 2.44. The van der Waals surface area contributed by atoms with E-state index in [0.29, 0.717) is 11.1 Å². The molecule has 0 aliphatic carbocycles. The van der Waals surface area contributed by atoms with Gasteiger partial charge in [-0.15, -0.1) is 0 Å². The van der Waals surface area contributed by atoms with Gasteiger partial charge in [-0.3, -0.25) is 9.59 Å². The molecule has 0 radical (unpaired) electrons. The van der Waals surface area contributed by atoms with E-state index in [1.54, 1.807) is 36.5 Å². The van der Waals surface area contributed by atoms with Crippen molar-refractivity contribution in [1.29, 1.82) is 0 Å². The van der Waals surface area contributed by atoms with Gasteiger partial charge < -0.3 is 10.1 Å². The fourth-order valence-corrected chi connectivity index (χ4v) is 2.70. The standard InChI is InChI=1S/C18H15NO3/c1-18(17(21)22,16(20)12-7-3-2-4-8-12)14-11-19-15-10-6-5-9-13(14)15/h2-11,19H,1H3,(H,21,22). The molecule has 22 heavy (non-hydrogen) atoms. The van der Waals surface area contributed by atoms with Crippen molar-refractivity contribution in [1.82, 2.24) is 4.98 Å². The molecule has 1 aromatic heterocycles. The van der Waals surface area contributed by atoms with Gasteiger partial charge in [-0.05, 0) is 13.0 Å². The van der Waals surface area contributed by atoms with E-state index in [-0.39, 0.29) is 0 Å². The number of Topliss-reactive ketones (excluding diaryl/α,β-unsaturated/α-hetero) is 1. The summed E-state index contributed by atoms with van der Waals surface area (Å²) < 4.78 is 0. The maximum atomic E-state index is 12.9. The number of fused-ring (bicyclic) bond motifs is 1. The van der Waals surface area contributed by atoms with Crippen molar-refractivity contribution in [3.05, 3.63) is 71.9 Å².